The highest BCUT2D eigenvalue weighted by atomic mass is 16.5. The van der Waals surface area contributed by atoms with E-state index in [1.54, 1.807) is 30.3 Å². The van der Waals surface area contributed by atoms with Crippen LogP contribution in [0.2, 0.25) is 0 Å². The number of benzene rings is 2. The molecule has 0 spiro atoms. The first kappa shape index (κ1) is 12.8. The molecule has 3 nitrogen and oxygen atoms in total. The van der Waals surface area contributed by atoms with Crippen LogP contribution in [0.25, 0.3) is 0 Å². The molecule has 0 amide bonds. The molecule has 0 bridgehead atoms. The standard InChI is InChI=1S/C16H13NO2/c1-12-6-8-13(9-7-12)16(18)19-11-15-5-3-2-4-14(15)10-17/h2-9H,11H2,1H3. The fraction of sp³-hybridized carbons (Fsp3) is 0.125. The van der Waals surface area contributed by atoms with Gasteiger partial charge in [0.25, 0.3) is 0 Å². The highest BCUT2D eigenvalue weighted by Gasteiger charge is 2.08. The van der Waals surface area contributed by atoms with Crippen LogP contribution < -0.4 is 0 Å². The molecule has 0 radical (unpaired) electrons. The van der Waals surface area contributed by atoms with Gasteiger partial charge in [0.05, 0.1) is 17.2 Å². The first-order chi connectivity index (χ1) is 9.20. The van der Waals surface area contributed by atoms with Crippen LogP contribution in [-0.2, 0) is 11.3 Å². The van der Waals surface area contributed by atoms with E-state index >= 15 is 0 Å². The molecule has 0 aliphatic rings. The number of esters is 1. The van der Waals surface area contributed by atoms with Crippen molar-refractivity contribution >= 4 is 5.97 Å². The second-order valence-electron chi connectivity index (χ2n) is 4.21. The van der Waals surface area contributed by atoms with Gasteiger partial charge in [-0.25, -0.2) is 4.79 Å². The second-order valence-corrected chi connectivity index (χ2v) is 4.21. The molecular weight excluding hydrogens is 238 g/mol. The van der Waals surface area contributed by atoms with Gasteiger partial charge < -0.3 is 4.74 Å². The number of carbonyl (C=O) groups excluding carboxylic acids is 1. The summed E-state index contributed by atoms with van der Waals surface area (Å²) in [4.78, 5) is 11.8. The van der Waals surface area contributed by atoms with Crippen LogP contribution in [0.3, 0.4) is 0 Å². The molecule has 0 aliphatic carbocycles. The van der Waals surface area contributed by atoms with Crippen molar-refractivity contribution in [2.24, 2.45) is 0 Å². The topological polar surface area (TPSA) is 50.1 Å². The van der Waals surface area contributed by atoms with Crippen LogP contribution in [0.15, 0.2) is 48.5 Å². The zero-order valence-corrected chi connectivity index (χ0v) is 10.6. The minimum atomic E-state index is -0.382. The number of carbonyl (C=O) groups is 1. The average molecular weight is 251 g/mol. The molecular formula is C16H13NO2. The van der Waals surface area contributed by atoms with Crippen molar-refractivity contribution in [2.45, 2.75) is 13.5 Å². The summed E-state index contributed by atoms with van der Waals surface area (Å²) in [5, 5.41) is 8.94. The zero-order chi connectivity index (χ0) is 13.7. The maximum atomic E-state index is 11.8. The molecule has 0 atom stereocenters. The van der Waals surface area contributed by atoms with E-state index in [9.17, 15) is 4.79 Å². The van der Waals surface area contributed by atoms with Crippen molar-refractivity contribution in [3.63, 3.8) is 0 Å². The average Bonchev–Trinajstić information content (AvgIpc) is 2.45. The van der Waals surface area contributed by atoms with Crippen molar-refractivity contribution in [3.05, 3.63) is 70.8 Å². The molecule has 0 N–H and O–H groups in total. The largest absolute Gasteiger partial charge is 0.457 e. The molecule has 3 heteroatoms. The number of hydrogen-bond donors (Lipinski definition) is 0. The highest BCUT2D eigenvalue weighted by molar-refractivity contribution is 5.89. The summed E-state index contributed by atoms with van der Waals surface area (Å²) < 4.78 is 5.21. The maximum Gasteiger partial charge on any atom is 0.338 e. The number of nitriles is 1. The first-order valence-corrected chi connectivity index (χ1v) is 5.92. The van der Waals surface area contributed by atoms with Gasteiger partial charge in [-0.15, -0.1) is 0 Å². The summed E-state index contributed by atoms with van der Waals surface area (Å²) in [6.45, 7) is 2.06. The quantitative estimate of drug-likeness (QED) is 0.787. The Hall–Kier alpha value is -2.60. The van der Waals surface area contributed by atoms with Crippen LogP contribution in [0.4, 0.5) is 0 Å². The number of aryl methyl sites for hydroxylation is 1. The van der Waals surface area contributed by atoms with Crippen LogP contribution in [0.5, 0.6) is 0 Å². The molecule has 0 aliphatic heterocycles. The van der Waals surface area contributed by atoms with Gasteiger partial charge in [-0.3, -0.25) is 0 Å². The molecule has 0 saturated heterocycles. The summed E-state index contributed by atoms with van der Waals surface area (Å²) in [6.07, 6.45) is 0. The van der Waals surface area contributed by atoms with Gasteiger partial charge in [0.2, 0.25) is 0 Å². The zero-order valence-electron chi connectivity index (χ0n) is 10.6. The summed E-state index contributed by atoms with van der Waals surface area (Å²) in [5.41, 5.74) is 2.84. The summed E-state index contributed by atoms with van der Waals surface area (Å²) in [6, 6.07) is 16.3. The molecule has 2 rings (SSSR count). The number of hydrogen-bond acceptors (Lipinski definition) is 3. The van der Waals surface area contributed by atoms with E-state index in [1.807, 2.05) is 25.1 Å². The third-order valence-corrected chi connectivity index (χ3v) is 2.78. The molecule has 0 saturated carbocycles. The Morgan fingerprint density at radius 3 is 2.53 bits per heavy atom. The van der Waals surface area contributed by atoms with E-state index in [1.165, 1.54) is 0 Å². The van der Waals surface area contributed by atoms with E-state index in [2.05, 4.69) is 6.07 Å². The van der Waals surface area contributed by atoms with Crippen LogP contribution in [-0.4, -0.2) is 5.97 Å². The van der Waals surface area contributed by atoms with E-state index < -0.39 is 0 Å². The Balaban J connectivity index is 2.05. The molecule has 0 heterocycles. The van der Waals surface area contributed by atoms with Crippen molar-refractivity contribution in [2.75, 3.05) is 0 Å². The summed E-state index contributed by atoms with van der Waals surface area (Å²) in [5.74, 6) is -0.382. The molecule has 2 aromatic carbocycles. The van der Waals surface area contributed by atoms with Crippen LogP contribution in [0, 0.1) is 18.3 Å². The fourth-order valence-corrected chi connectivity index (χ4v) is 1.67. The predicted molar refractivity (Wildman–Crippen MR) is 71.5 cm³/mol. The third kappa shape index (κ3) is 3.20. The van der Waals surface area contributed by atoms with Crippen LogP contribution >= 0.6 is 0 Å². The van der Waals surface area contributed by atoms with Crippen molar-refractivity contribution in [3.8, 4) is 6.07 Å². The molecule has 2 aromatic rings. The highest BCUT2D eigenvalue weighted by Crippen LogP contribution is 2.11. The third-order valence-electron chi connectivity index (χ3n) is 2.78. The lowest BCUT2D eigenvalue weighted by Gasteiger charge is -2.06. The lowest BCUT2D eigenvalue weighted by molar-refractivity contribution is 0.0472. The smallest absolute Gasteiger partial charge is 0.338 e. The predicted octanol–water partition coefficient (Wildman–Crippen LogP) is 3.22. The molecule has 0 fully saturated rings. The van der Waals surface area contributed by atoms with Gasteiger partial charge in [-0.2, -0.15) is 5.26 Å². The first-order valence-electron chi connectivity index (χ1n) is 5.92. The summed E-state index contributed by atoms with van der Waals surface area (Å²) >= 11 is 0. The van der Waals surface area contributed by atoms with E-state index in [-0.39, 0.29) is 12.6 Å². The number of nitrogens with zero attached hydrogens (tertiary/aromatic N) is 1. The fourth-order valence-electron chi connectivity index (χ4n) is 1.67. The molecule has 94 valence electrons. The molecule has 19 heavy (non-hydrogen) atoms. The Labute approximate surface area is 112 Å². The van der Waals surface area contributed by atoms with Crippen molar-refractivity contribution < 1.29 is 9.53 Å². The number of rotatable bonds is 3. The minimum Gasteiger partial charge on any atom is -0.457 e. The monoisotopic (exact) mass is 251 g/mol. The normalized spacial score (nSPS) is 9.68. The van der Waals surface area contributed by atoms with Gasteiger partial charge >= 0.3 is 5.97 Å². The molecule has 0 unspecified atom stereocenters. The van der Waals surface area contributed by atoms with Crippen LogP contribution in [0.1, 0.15) is 27.0 Å². The summed E-state index contributed by atoms with van der Waals surface area (Å²) in [7, 11) is 0. The minimum absolute atomic E-state index is 0.108. The van der Waals surface area contributed by atoms with Gasteiger partial charge in [0, 0.05) is 5.56 Å². The van der Waals surface area contributed by atoms with Gasteiger partial charge in [-0.1, -0.05) is 35.9 Å². The van der Waals surface area contributed by atoms with Gasteiger partial charge in [-0.05, 0) is 25.1 Å². The van der Waals surface area contributed by atoms with E-state index in [0.29, 0.717) is 16.7 Å². The van der Waals surface area contributed by atoms with E-state index in [0.717, 1.165) is 5.56 Å². The van der Waals surface area contributed by atoms with Gasteiger partial charge in [0.1, 0.15) is 6.61 Å². The molecule has 0 aromatic heterocycles. The Kier molecular flexibility index (Phi) is 3.94. The Morgan fingerprint density at radius 1 is 1.16 bits per heavy atom. The number of ether oxygens (including phenoxy) is 1. The van der Waals surface area contributed by atoms with Gasteiger partial charge in [0.15, 0.2) is 0 Å². The Bertz CT molecular complexity index is 624. The SMILES string of the molecule is Cc1ccc(C(=O)OCc2ccccc2C#N)cc1. The second kappa shape index (κ2) is 5.83. The van der Waals surface area contributed by atoms with E-state index in [4.69, 9.17) is 10.00 Å². The lowest BCUT2D eigenvalue weighted by atomic mass is 10.1. The van der Waals surface area contributed by atoms with Crippen molar-refractivity contribution in [1.82, 2.24) is 0 Å². The Morgan fingerprint density at radius 2 is 1.84 bits per heavy atom. The lowest BCUT2D eigenvalue weighted by Crippen LogP contribution is -2.06. The van der Waals surface area contributed by atoms with Crippen molar-refractivity contribution in [1.29, 1.82) is 5.26 Å². The maximum absolute atomic E-state index is 11.8.